The zero-order valence-electron chi connectivity index (χ0n) is 12.1. The molecular formula is C13H28O6. The molecule has 0 aromatic carbocycles. The van der Waals surface area contributed by atoms with Crippen LogP contribution in [0.2, 0.25) is 0 Å². The first-order valence-corrected chi connectivity index (χ1v) is 6.88. The summed E-state index contributed by atoms with van der Waals surface area (Å²) in [7, 11) is 0. The summed E-state index contributed by atoms with van der Waals surface area (Å²) in [6, 6.07) is 0. The monoisotopic (exact) mass is 280 g/mol. The molecular weight excluding hydrogens is 252 g/mol. The van der Waals surface area contributed by atoms with Gasteiger partial charge in [0.05, 0.1) is 52.9 Å². The number of hydrogen-bond donors (Lipinski definition) is 1. The van der Waals surface area contributed by atoms with Gasteiger partial charge in [0, 0.05) is 13.2 Å². The maximum absolute atomic E-state index is 9.53. The Morgan fingerprint density at radius 1 is 0.632 bits per heavy atom. The SMILES string of the molecule is CCOCCOCCOCC(O)COCCOCC. The highest BCUT2D eigenvalue weighted by molar-refractivity contribution is 4.51. The van der Waals surface area contributed by atoms with E-state index < -0.39 is 6.10 Å². The Bertz CT molecular complexity index is 167. The maximum Gasteiger partial charge on any atom is 0.101 e. The third kappa shape index (κ3) is 15.7. The molecule has 0 bridgehead atoms. The Morgan fingerprint density at radius 2 is 1.00 bits per heavy atom. The van der Waals surface area contributed by atoms with Crippen molar-refractivity contribution >= 4 is 0 Å². The van der Waals surface area contributed by atoms with Crippen molar-refractivity contribution in [3.63, 3.8) is 0 Å². The molecule has 1 N–H and O–H groups in total. The van der Waals surface area contributed by atoms with E-state index in [1.807, 2.05) is 13.8 Å². The number of aliphatic hydroxyl groups is 1. The van der Waals surface area contributed by atoms with Crippen LogP contribution in [0.5, 0.6) is 0 Å². The fourth-order valence-corrected chi connectivity index (χ4v) is 1.23. The summed E-state index contributed by atoms with van der Waals surface area (Å²) < 4.78 is 26.0. The Labute approximate surface area is 115 Å². The second-order valence-electron chi connectivity index (χ2n) is 3.81. The molecule has 0 amide bonds. The van der Waals surface area contributed by atoms with Crippen LogP contribution in [-0.2, 0) is 23.7 Å². The normalized spacial score (nSPS) is 12.8. The zero-order chi connectivity index (χ0) is 14.2. The fraction of sp³-hybridized carbons (Fsp3) is 1.00. The minimum absolute atomic E-state index is 0.253. The third-order valence-electron chi connectivity index (χ3n) is 2.14. The van der Waals surface area contributed by atoms with E-state index in [0.717, 1.165) is 0 Å². The minimum atomic E-state index is -0.606. The first-order valence-electron chi connectivity index (χ1n) is 6.88. The van der Waals surface area contributed by atoms with Gasteiger partial charge < -0.3 is 28.8 Å². The Kier molecular flexibility index (Phi) is 15.6. The number of aliphatic hydroxyl groups excluding tert-OH is 1. The summed E-state index contributed by atoms with van der Waals surface area (Å²) in [4.78, 5) is 0. The molecule has 1 atom stereocenters. The molecule has 19 heavy (non-hydrogen) atoms. The third-order valence-corrected chi connectivity index (χ3v) is 2.14. The van der Waals surface area contributed by atoms with Crippen molar-refractivity contribution in [1.29, 1.82) is 0 Å². The molecule has 6 nitrogen and oxygen atoms in total. The molecule has 0 aliphatic carbocycles. The van der Waals surface area contributed by atoms with E-state index in [2.05, 4.69) is 0 Å². The molecule has 0 fully saturated rings. The lowest BCUT2D eigenvalue weighted by Crippen LogP contribution is -2.24. The van der Waals surface area contributed by atoms with Crippen LogP contribution in [0.1, 0.15) is 13.8 Å². The molecule has 0 heterocycles. The van der Waals surface area contributed by atoms with Gasteiger partial charge in [-0.25, -0.2) is 0 Å². The van der Waals surface area contributed by atoms with Crippen LogP contribution >= 0.6 is 0 Å². The van der Waals surface area contributed by atoms with Crippen molar-refractivity contribution in [2.24, 2.45) is 0 Å². The van der Waals surface area contributed by atoms with E-state index in [1.165, 1.54) is 0 Å². The molecule has 0 aromatic rings. The van der Waals surface area contributed by atoms with Gasteiger partial charge in [0.2, 0.25) is 0 Å². The van der Waals surface area contributed by atoms with Crippen molar-refractivity contribution in [2.45, 2.75) is 20.0 Å². The average molecular weight is 280 g/mol. The van der Waals surface area contributed by atoms with Crippen molar-refractivity contribution in [2.75, 3.05) is 66.1 Å². The van der Waals surface area contributed by atoms with E-state index >= 15 is 0 Å². The number of hydrogen-bond acceptors (Lipinski definition) is 6. The van der Waals surface area contributed by atoms with Gasteiger partial charge in [-0.3, -0.25) is 0 Å². The van der Waals surface area contributed by atoms with Crippen molar-refractivity contribution in [3.05, 3.63) is 0 Å². The quantitative estimate of drug-likeness (QED) is 0.440. The number of rotatable bonds is 15. The van der Waals surface area contributed by atoms with Gasteiger partial charge in [-0.15, -0.1) is 0 Å². The van der Waals surface area contributed by atoms with Crippen LogP contribution in [0.25, 0.3) is 0 Å². The van der Waals surface area contributed by atoms with Gasteiger partial charge in [-0.1, -0.05) is 0 Å². The van der Waals surface area contributed by atoms with Crippen molar-refractivity contribution in [1.82, 2.24) is 0 Å². The van der Waals surface area contributed by atoms with Crippen LogP contribution in [0, 0.1) is 0 Å². The van der Waals surface area contributed by atoms with E-state index in [4.69, 9.17) is 23.7 Å². The molecule has 0 aliphatic heterocycles. The Morgan fingerprint density at radius 3 is 1.42 bits per heavy atom. The number of ether oxygens (including phenoxy) is 5. The summed E-state index contributed by atoms with van der Waals surface area (Å²) in [5, 5.41) is 9.53. The highest BCUT2D eigenvalue weighted by Crippen LogP contribution is 1.89. The maximum atomic E-state index is 9.53. The van der Waals surface area contributed by atoms with Crippen LogP contribution in [0.3, 0.4) is 0 Å². The van der Waals surface area contributed by atoms with Gasteiger partial charge in [0.1, 0.15) is 6.10 Å². The van der Waals surface area contributed by atoms with Crippen LogP contribution in [0.4, 0.5) is 0 Å². The summed E-state index contributed by atoms with van der Waals surface area (Å²) in [5.41, 5.74) is 0. The summed E-state index contributed by atoms with van der Waals surface area (Å²) >= 11 is 0. The van der Waals surface area contributed by atoms with E-state index in [1.54, 1.807) is 0 Å². The van der Waals surface area contributed by atoms with Gasteiger partial charge >= 0.3 is 0 Å². The zero-order valence-corrected chi connectivity index (χ0v) is 12.1. The molecule has 116 valence electrons. The van der Waals surface area contributed by atoms with Crippen molar-refractivity contribution < 1.29 is 28.8 Å². The molecule has 6 heteroatoms. The Hall–Kier alpha value is -0.240. The smallest absolute Gasteiger partial charge is 0.101 e. The molecule has 0 saturated heterocycles. The van der Waals surface area contributed by atoms with Gasteiger partial charge in [0.25, 0.3) is 0 Å². The minimum Gasteiger partial charge on any atom is -0.388 e. The molecule has 0 aromatic heterocycles. The van der Waals surface area contributed by atoms with E-state index in [-0.39, 0.29) is 13.2 Å². The standard InChI is InChI=1S/C13H28O6/c1-3-15-5-7-17-8-10-19-12-13(14)11-18-9-6-16-4-2/h13-14H,3-12H2,1-2H3. The second-order valence-corrected chi connectivity index (χ2v) is 3.81. The first-order chi connectivity index (χ1) is 9.31. The molecule has 0 saturated carbocycles. The lowest BCUT2D eigenvalue weighted by atomic mass is 10.4. The van der Waals surface area contributed by atoms with Crippen LogP contribution in [0.15, 0.2) is 0 Å². The van der Waals surface area contributed by atoms with Gasteiger partial charge in [0.15, 0.2) is 0 Å². The highest BCUT2D eigenvalue weighted by Gasteiger charge is 2.04. The summed E-state index contributed by atoms with van der Waals surface area (Å²) in [6.07, 6.45) is -0.606. The van der Waals surface area contributed by atoms with Crippen LogP contribution in [-0.4, -0.2) is 77.3 Å². The van der Waals surface area contributed by atoms with Crippen LogP contribution < -0.4 is 0 Å². The molecule has 1 unspecified atom stereocenters. The summed E-state index contributed by atoms with van der Waals surface area (Å²) in [5.74, 6) is 0. The largest absolute Gasteiger partial charge is 0.388 e. The lowest BCUT2D eigenvalue weighted by Gasteiger charge is -2.12. The van der Waals surface area contributed by atoms with E-state index in [0.29, 0.717) is 52.9 Å². The van der Waals surface area contributed by atoms with Gasteiger partial charge in [-0.05, 0) is 13.8 Å². The molecule has 0 spiro atoms. The molecule has 0 radical (unpaired) electrons. The summed E-state index contributed by atoms with van der Waals surface area (Å²) in [6.45, 7) is 8.96. The van der Waals surface area contributed by atoms with E-state index in [9.17, 15) is 5.11 Å². The topological polar surface area (TPSA) is 66.4 Å². The van der Waals surface area contributed by atoms with Crippen molar-refractivity contribution in [3.8, 4) is 0 Å². The highest BCUT2D eigenvalue weighted by atomic mass is 16.6. The predicted molar refractivity (Wildman–Crippen MR) is 71.4 cm³/mol. The predicted octanol–water partition coefficient (Wildman–Crippen LogP) is 0.470. The lowest BCUT2D eigenvalue weighted by molar-refractivity contribution is -0.0435. The fourth-order valence-electron chi connectivity index (χ4n) is 1.23. The average Bonchev–Trinajstić information content (AvgIpc) is 2.41. The van der Waals surface area contributed by atoms with Gasteiger partial charge in [-0.2, -0.15) is 0 Å². The Balaban J connectivity index is 3.09. The second kappa shape index (κ2) is 15.8. The molecule has 0 rings (SSSR count). The first kappa shape index (κ1) is 18.8. The molecule has 0 aliphatic rings.